The molecule has 1 atom stereocenters. The van der Waals surface area contributed by atoms with Crippen LogP contribution < -0.4 is 10.2 Å². The summed E-state index contributed by atoms with van der Waals surface area (Å²) < 4.78 is 0. The number of rotatable bonds is 4. The first-order chi connectivity index (χ1) is 14.5. The smallest absolute Gasteiger partial charge is 0.421 e. The van der Waals surface area contributed by atoms with Crippen molar-refractivity contribution in [1.29, 1.82) is 0 Å². The minimum absolute atomic E-state index is 0.0439. The zero-order valence-electron chi connectivity index (χ0n) is 17.1. The van der Waals surface area contributed by atoms with Gasteiger partial charge in [0, 0.05) is 45.3 Å². The summed E-state index contributed by atoms with van der Waals surface area (Å²) in [5.74, 6) is -1.20. The van der Waals surface area contributed by atoms with E-state index in [1.807, 2.05) is 6.07 Å². The molecule has 0 aromatic carbocycles. The number of nitrogens with one attached hydrogen (secondary N) is 1. The van der Waals surface area contributed by atoms with E-state index >= 15 is 0 Å². The lowest BCUT2D eigenvalue weighted by atomic mass is 9.90. The number of piperazine rings is 1. The molecule has 4 rings (SSSR count). The summed E-state index contributed by atoms with van der Waals surface area (Å²) in [4.78, 5) is 45.1. The molecule has 4 heterocycles. The Kier molecular flexibility index (Phi) is 6.29. The highest BCUT2D eigenvalue weighted by Crippen LogP contribution is 2.31. The van der Waals surface area contributed by atoms with Crippen LogP contribution in [0.4, 0.5) is 10.5 Å². The van der Waals surface area contributed by atoms with Crippen molar-refractivity contribution in [2.45, 2.75) is 31.6 Å². The van der Waals surface area contributed by atoms with Crippen molar-refractivity contribution in [2.75, 3.05) is 50.7 Å². The Labute approximate surface area is 176 Å². The molecule has 3 fully saturated rings. The predicted octanol–water partition coefficient (Wildman–Crippen LogP) is 1.11. The number of amides is 3. The number of aromatic nitrogens is 1. The van der Waals surface area contributed by atoms with Gasteiger partial charge in [0.25, 0.3) is 0 Å². The summed E-state index contributed by atoms with van der Waals surface area (Å²) in [5, 5.41) is 12.6. The van der Waals surface area contributed by atoms with Crippen LogP contribution in [0.2, 0.25) is 0 Å². The third kappa shape index (κ3) is 4.46. The first kappa shape index (κ1) is 20.7. The average Bonchev–Trinajstić information content (AvgIpc) is 2.75. The molecule has 9 heteroatoms. The van der Waals surface area contributed by atoms with E-state index in [0.717, 1.165) is 57.4 Å². The van der Waals surface area contributed by atoms with Crippen molar-refractivity contribution in [3.63, 3.8) is 0 Å². The first-order valence-corrected chi connectivity index (χ1v) is 10.8. The number of piperidine rings is 2. The van der Waals surface area contributed by atoms with Crippen LogP contribution in [0.1, 0.15) is 37.2 Å². The molecule has 0 radical (unpaired) electrons. The molecule has 9 nitrogen and oxygen atoms in total. The van der Waals surface area contributed by atoms with Gasteiger partial charge in [0.05, 0.1) is 17.8 Å². The maximum absolute atomic E-state index is 12.6. The number of pyridine rings is 1. The predicted molar refractivity (Wildman–Crippen MR) is 110 cm³/mol. The van der Waals surface area contributed by atoms with Crippen molar-refractivity contribution < 1.29 is 19.5 Å². The second-order valence-corrected chi connectivity index (χ2v) is 8.40. The quantitative estimate of drug-likeness (QED) is 0.705. The van der Waals surface area contributed by atoms with Gasteiger partial charge in [-0.05, 0) is 49.9 Å². The molecule has 3 saturated heterocycles. The van der Waals surface area contributed by atoms with E-state index in [4.69, 9.17) is 0 Å². The van der Waals surface area contributed by atoms with E-state index in [1.54, 1.807) is 12.4 Å². The van der Waals surface area contributed by atoms with Crippen LogP contribution in [-0.2, 0) is 9.59 Å². The number of nitrogens with zero attached hydrogens (tertiary/aromatic N) is 4. The molecule has 3 aliphatic rings. The van der Waals surface area contributed by atoms with Gasteiger partial charge >= 0.3 is 6.09 Å². The Bertz CT molecular complexity index is 802. The number of carbonyl (C=O) groups excluding carboxylic acids is 2. The van der Waals surface area contributed by atoms with E-state index in [0.29, 0.717) is 16.9 Å². The van der Waals surface area contributed by atoms with Crippen LogP contribution in [0.25, 0.3) is 0 Å². The SMILES string of the molecule is O=C(O)N1C(=O)CCC(c2cncc(N3CCN(CC4CCNCC4)CC3)c2)C1=O. The van der Waals surface area contributed by atoms with E-state index in [-0.39, 0.29) is 6.42 Å². The molecule has 3 amide bonds. The molecule has 1 aromatic rings. The first-order valence-electron chi connectivity index (χ1n) is 10.8. The summed E-state index contributed by atoms with van der Waals surface area (Å²) in [7, 11) is 0. The lowest BCUT2D eigenvalue weighted by Crippen LogP contribution is -2.49. The Morgan fingerprint density at radius 3 is 2.53 bits per heavy atom. The van der Waals surface area contributed by atoms with E-state index in [2.05, 4.69) is 20.1 Å². The molecule has 1 aromatic heterocycles. The lowest BCUT2D eigenvalue weighted by Gasteiger charge is -2.38. The van der Waals surface area contributed by atoms with E-state index in [9.17, 15) is 19.5 Å². The molecule has 30 heavy (non-hydrogen) atoms. The van der Waals surface area contributed by atoms with Crippen molar-refractivity contribution >= 4 is 23.6 Å². The number of carbonyl (C=O) groups is 3. The van der Waals surface area contributed by atoms with Crippen LogP contribution >= 0.6 is 0 Å². The third-order valence-corrected chi connectivity index (χ3v) is 6.47. The molecule has 1 unspecified atom stereocenters. The summed E-state index contributed by atoms with van der Waals surface area (Å²) in [6.45, 7) is 7.18. The monoisotopic (exact) mass is 415 g/mol. The molecule has 0 spiro atoms. The maximum atomic E-state index is 12.6. The number of hydrogen-bond donors (Lipinski definition) is 2. The van der Waals surface area contributed by atoms with Gasteiger partial charge in [-0.1, -0.05) is 0 Å². The summed E-state index contributed by atoms with van der Waals surface area (Å²) in [6.07, 6.45) is 4.74. The highest BCUT2D eigenvalue weighted by Gasteiger charge is 2.39. The molecule has 0 aliphatic carbocycles. The van der Waals surface area contributed by atoms with Crippen molar-refractivity contribution in [3.8, 4) is 0 Å². The number of carboxylic acid groups (broad SMARTS) is 1. The Balaban J connectivity index is 1.38. The zero-order valence-corrected chi connectivity index (χ0v) is 17.1. The van der Waals surface area contributed by atoms with Crippen molar-refractivity contribution in [1.82, 2.24) is 20.1 Å². The Morgan fingerprint density at radius 1 is 1.10 bits per heavy atom. The summed E-state index contributed by atoms with van der Waals surface area (Å²) in [6, 6.07) is 1.92. The molecule has 0 saturated carbocycles. The van der Waals surface area contributed by atoms with Crippen LogP contribution in [0, 0.1) is 5.92 Å². The van der Waals surface area contributed by atoms with Gasteiger partial charge < -0.3 is 15.3 Å². The van der Waals surface area contributed by atoms with Crippen molar-refractivity contribution in [2.24, 2.45) is 5.92 Å². The number of hydrogen-bond acceptors (Lipinski definition) is 7. The topological polar surface area (TPSA) is 106 Å². The molecule has 2 N–H and O–H groups in total. The zero-order chi connectivity index (χ0) is 21.1. The van der Waals surface area contributed by atoms with Gasteiger partial charge in [0.15, 0.2) is 0 Å². The number of likely N-dealkylation sites (tertiary alicyclic amines) is 1. The Morgan fingerprint density at radius 2 is 1.83 bits per heavy atom. The van der Waals surface area contributed by atoms with E-state index < -0.39 is 23.8 Å². The van der Waals surface area contributed by atoms with Crippen LogP contribution in [0.3, 0.4) is 0 Å². The van der Waals surface area contributed by atoms with Gasteiger partial charge in [0.2, 0.25) is 11.8 Å². The minimum Gasteiger partial charge on any atom is -0.464 e. The minimum atomic E-state index is -1.51. The fraction of sp³-hybridized carbons (Fsp3) is 0.619. The normalized spacial score (nSPS) is 24.3. The molecular weight excluding hydrogens is 386 g/mol. The maximum Gasteiger partial charge on any atom is 0.421 e. The molecule has 0 bridgehead atoms. The van der Waals surface area contributed by atoms with Gasteiger partial charge in [-0.3, -0.25) is 19.5 Å². The number of anilines is 1. The molecule has 162 valence electrons. The second-order valence-electron chi connectivity index (χ2n) is 8.40. The van der Waals surface area contributed by atoms with Gasteiger partial charge in [-0.2, -0.15) is 4.90 Å². The number of imide groups is 3. The van der Waals surface area contributed by atoms with E-state index in [1.165, 1.54) is 12.8 Å². The highest BCUT2D eigenvalue weighted by molar-refractivity contribution is 6.11. The summed E-state index contributed by atoms with van der Waals surface area (Å²) in [5.41, 5.74) is 1.62. The van der Waals surface area contributed by atoms with Gasteiger partial charge in [0.1, 0.15) is 0 Å². The molecular formula is C21H29N5O4. The van der Waals surface area contributed by atoms with Gasteiger partial charge in [-0.15, -0.1) is 0 Å². The van der Waals surface area contributed by atoms with Crippen LogP contribution in [0.15, 0.2) is 18.5 Å². The second kappa shape index (κ2) is 9.09. The van der Waals surface area contributed by atoms with Gasteiger partial charge in [-0.25, -0.2) is 4.79 Å². The fourth-order valence-electron chi connectivity index (χ4n) is 4.72. The van der Waals surface area contributed by atoms with Crippen LogP contribution in [0.5, 0.6) is 0 Å². The fourth-order valence-corrected chi connectivity index (χ4v) is 4.72. The van der Waals surface area contributed by atoms with Crippen molar-refractivity contribution in [3.05, 3.63) is 24.0 Å². The standard InChI is InChI=1S/C21H29N5O4/c27-19-2-1-18(20(28)26(19)21(29)30)16-11-17(13-23-12-16)25-9-7-24(8-10-25)14-15-3-5-22-6-4-15/h11-13,15,18,22H,1-10,14H2,(H,29,30). The van der Waals surface area contributed by atoms with Crippen LogP contribution in [-0.4, -0.2) is 83.6 Å². The largest absolute Gasteiger partial charge is 0.464 e. The third-order valence-electron chi connectivity index (χ3n) is 6.47. The highest BCUT2D eigenvalue weighted by atomic mass is 16.4. The average molecular weight is 415 g/mol. The Hall–Kier alpha value is -2.52. The summed E-state index contributed by atoms with van der Waals surface area (Å²) >= 11 is 0. The lowest BCUT2D eigenvalue weighted by molar-refractivity contribution is -0.146. The molecule has 3 aliphatic heterocycles.